The van der Waals surface area contributed by atoms with E-state index in [0.29, 0.717) is 17.2 Å². The molecule has 5 aliphatic rings. The van der Waals surface area contributed by atoms with Crippen LogP contribution in [0.4, 0.5) is 0 Å². The van der Waals surface area contributed by atoms with Crippen LogP contribution in [0.15, 0.2) is 23.8 Å². The Morgan fingerprint density at radius 2 is 1.61 bits per heavy atom. The predicted octanol–water partition coefficient (Wildman–Crippen LogP) is 4.70. The predicted molar refractivity (Wildman–Crippen MR) is 119 cm³/mol. The molecule has 6 rings (SSSR count). The number of likely N-dealkylation sites (tertiary alicyclic amines) is 1. The molecule has 0 spiro atoms. The average Bonchev–Trinajstić information content (AvgIpc) is 2.78. The van der Waals surface area contributed by atoms with Crippen molar-refractivity contribution >= 4 is 18.0 Å². The normalized spacial score (nSPS) is 31.5. The van der Waals surface area contributed by atoms with Gasteiger partial charge in [-0.05, 0) is 81.3 Å². The number of nitrogens with zero attached hydrogens (tertiary/aromatic N) is 1. The van der Waals surface area contributed by atoms with Gasteiger partial charge in [0.2, 0.25) is 5.91 Å². The second kappa shape index (κ2) is 7.99. The summed E-state index contributed by atoms with van der Waals surface area (Å²) in [6.45, 7) is 1.63. The van der Waals surface area contributed by atoms with Gasteiger partial charge < -0.3 is 14.4 Å². The number of hydrogen-bond donors (Lipinski definition) is 0. The number of methoxy groups -OCH3 is 2. The highest BCUT2D eigenvalue weighted by Gasteiger charge is 2.55. The van der Waals surface area contributed by atoms with Crippen molar-refractivity contribution in [3.63, 3.8) is 0 Å². The number of benzene rings is 1. The molecule has 1 aromatic rings. The molecule has 0 atom stereocenters. The molecule has 1 saturated heterocycles. The molecule has 5 nitrogen and oxygen atoms in total. The number of hydrogen-bond acceptors (Lipinski definition) is 4. The van der Waals surface area contributed by atoms with Crippen molar-refractivity contribution in [2.75, 3.05) is 27.3 Å². The van der Waals surface area contributed by atoms with E-state index in [-0.39, 0.29) is 11.4 Å². The van der Waals surface area contributed by atoms with E-state index in [0.717, 1.165) is 68.5 Å². The van der Waals surface area contributed by atoms with Crippen molar-refractivity contribution in [1.82, 2.24) is 4.90 Å². The van der Waals surface area contributed by atoms with Crippen LogP contribution >= 0.6 is 0 Å². The number of esters is 1. The smallest absolute Gasteiger partial charge is 0.337 e. The molecule has 4 saturated carbocycles. The van der Waals surface area contributed by atoms with E-state index >= 15 is 0 Å². The molecule has 166 valence electrons. The summed E-state index contributed by atoms with van der Waals surface area (Å²) in [4.78, 5) is 27.5. The maximum absolute atomic E-state index is 13.6. The molecule has 0 unspecified atom stereocenters. The van der Waals surface area contributed by atoms with E-state index in [4.69, 9.17) is 9.47 Å². The zero-order chi connectivity index (χ0) is 21.6. The van der Waals surface area contributed by atoms with Gasteiger partial charge in [-0.15, -0.1) is 0 Å². The maximum atomic E-state index is 13.6. The Balaban J connectivity index is 1.26. The van der Waals surface area contributed by atoms with E-state index < -0.39 is 0 Å². The van der Waals surface area contributed by atoms with E-state index in [2.05, 4.69) is 11.0 Å². The molecule has 1 aliphatic heterocycles. The van der Waals surface area contributed by atoms with Gasteiger partial charge in [-0.1, -0.05) is 17.7 Å². The summed E-state index contributed by atoms with van der Waals surface area (Å²) in [5.74, 6) is 3.16. The summed E-state index contributed by atoms with van der Waals surface area (Å²) in [5.41, 5.74) is 2.74. The Morgan fingerprint density at radius 1 is 1.00 bits per heavy atom. The minimum atomic E-state index is -0.367. The monoisotopic (exact) mass is 423 g/mol. The molecule has 1 heterocycles. The van der Waals surface area contributed by atoms with Crippen LogP contribution in [0, 0.1) is 23.2 Å². The van der Waals surface area contributed by atoms with Crippen LogP contribution < -0.4 is 4.74 Å². The molecule has 0 radical (unpaired) electrons. The number of ether oxygens (including phenoxy) is 2. The van der Waals surface area contributed by atoms with E-state index in [1.807, 2.05) is 6.07 Å². The van der Waals surface area contributed by atoms with Gasteiger partial charge >= 0.3 is 5.97 Å². The summed E-state index contributed by atoms with van der Waals surface area (Å²) >= 11 is 0. The fourth-order valence-corrected chi connectivity index (χ4v) is 7.14. The fraction of sp³-hybridized carbons (Fsp3) is 0.615. The number of carbonyl (C=O) groups excluding carboxylic acids is 2. The van der Waals surface area contributed by atoms with Crippen molar-refractivity contribution in [1.29, 1.82) is 0 Å². The minimum Gasteiger partial charge on any atom is -0.496 e. The molecule has 1 amide bonds. The van der Waals surface area contributed by atoms with Gasteiger partial charge in [-0.2, -0.15) is 0 Å². The van der Waals surface area contributed by atoms with Crippen molar-refractivity contribution in [2.45, 2.75) is 51.4 Å². The lowest BCUT2D eigenvalue weighted by molar-refractivity contribution is -0.158. The largest absolute Gasteiger partial charge is 0.496 e. The van der Waals surface area contributed by atoms with Crippen molar-refractivity contribution in [3.8, 4) is 5.75 Å². The SMILES string of the molecule is COC(=O)c1ccc(C=C2CCN(C(=O)C34CC5CC(CC(C5)C3)C4)CC2)c(OC)c1. The molecule has 5 heteroatoms. The molecular formula is C26H33NO4. The summed E-state index contributed by atoms with van der Waals surface area (Å²) in [7, 11) is 2.99. The van der Waals surface area contributed by atoms with E-state index in [1.54, 1.807) is 19.2 Å². The van der Waals surface area contributed by atoms with Crippen molar-refractivity contribution in [3.05, 3.63) is 34.9 Å². The number of amides is 1. The molecule has 0 N–H and O–H groups in total. The summed E-state index contributed by atoms with van der Waals surface area (Å²) < 4.78 is 10.3. The molecule has 1 aromatic carbocycles. The lowest BCUT2D eigenvalue weighted by Crippen LogP contribution is -2.55. The highest BCUT2D eigenvalue weighted by Crippen LogP contribution is 2.60. The van der Waals surface area contributed by atoms with Crippen LogP contribution in [0.25, 0.3) is 6.08 Å². The maximum Gasteiger partial charge on any atom is 0.337 e. The summed E-state index contributed by atoms with van der Waals surface area (Å²) in [6.07, 6.45) is 11.5. The first-order valence-corrected chi connectivity index (χ1v) is 11.7. The second-order valence-electron chi connectivity index (χ2n) is 10.2. The molecular weight excluding hydrogens is 390 g/mol. The average molecular weight is 424 g/mol. The standard InChI is InChI=1S/C26H33NO4/c1-30-23-13-22(24(28)31-2)4-3-21(23)12-17-5-7-27(8-6-17)25(29)26-14-18-9-19(15-26)11-20(10-18)16-26/h3-4,12-13,18-20H,5-11,14-16H2,1-2H3. The minimum absolute atomic E-state index is 0.0388. The van der Waals surface area contributed by atoms with E-state index in [1.165, 1.54) is 31.9 Å². The van der Waals surface area contributed by atoms with Crippen molar-refractivity contribution < 1.29 is 19.1 Å². The second-order valence-corrected chi connectivity index (χ2v) is 10.2. The summed E-state index contributed by atoms with van der Waals surface area (Å²) in [5, 5.41) is 0. The topological polar surface area (TPSA) is 55.8 Å². The van der Waals surface area contributed by atoms with Gasteiger partial charge in [0.15, 0.2) is 0 Å². The Hall–Kier alpha value is -2.30. The Morgan fingerprint density at radius 3 is 2.16 bits per heavy atom. The fourth-order valence-electron chi connectivity index (χ4n) is 7.14. The first-order chi connectivity index (χ1) is 15.0. The third kappa shape index (κ3) is 3.77. The first kappa shape index (κ1) is 20.6. The highest BCUT2D eigenvalue weighted by atomic mass is 16.5. The Labute approximate surface area is 184 Å². The molecule has 0 aromatic heterocycles. The molecule has 5 fully saturated rings. The van der Waals surface area contributed by atoms with Crippen molar-refractivity contribution in [2.24, 2.45) is 23.2 Å². The Bertz CT molecular complexity index is 873. The van der Waals surface area contributed by atoms with Crippen LogP contribution in [-0.2, 0) is 9.53 Å². The highest BCUT2D eigenvalue weighted by molar-refractivity contribution is 5.90. The quantitative estimate of drug-likeness (QED) is 0.659. The van der Waals surface area contributed by atoms with Gasteiger partial charge in [0, 0.05) is 18.7 Å². The first-order valence-electron chi connectivity index (χ1n) is 11.7. The van der Waals surface area contributed by atoms with Crippen LogP contribution in [0.2, 0.25) is 0 Å². The van der Waals surface area contributed by atoms with Crippen LogP contribution in [-0.4, -0.2) is 44.1 Å². The zero-order valence-electron chi connectivity index (χ0n) is 18.7. The van der Waals surface area contributed by atoms with Gasteiger partial charge in [-0.25, -0.2) is 4.79 Å². The third-order valence-electron chi connectivity index (χ3n) is 8.20. The van der Waals surface area contributed by atoms with E-state index in [9.17, 15) is 9.59 Å². The van der Waals surface area contributed by atoms with Crippen LogP contribution in [0.1, 0.15) is 67.3 Å². The number of piperidine rings is 1. The number of rotatable bonds is 4. The van der Waals surface area contributed by atoms with Crippen LogP contribution in [0.5, 0.6) is 5.75 Å². The Kier molecular flexibility index (Phi) is 5.31. The third-order valence-corrected chi connectivity index (χ3v) is 8.20. The molecule has 4 aliphatic carbocycles. The van der Waals surface area contributed by atoms with Gasteiger partial charge in [0.1, 0.15) is 5.75 Å². The zero-order valence-corrected chi connectivity index (χ0v) is 18.7. The van der Waals surface area contributed by atoms with Gasteiger partial charge in [0.05, 0.1) is 25.2 Å². The van der Waals surface area contributed by atoms with Gasteiger partial charge in [0.25, 0.3) is 0 Å². The number of carbonyl (C=O) groups is 2. The van der Waals surface area contributed by atoms with Crippen LogP contribution in [0.3, 0.4) is 0 Å². The molecule has 31 heavy (non-hydrogen) atoms. The van der Waals surface area contributed by atoms with Gasteiger partial charge in [-0.3, -0.25) is 4.79 Å². The lowest BCUT2D eigenvalue weighted by atomic mass is 9.49. The molecule has 4 bridgehead atoms. The summed E-state index contributed by atoms with van der Waals surface area (Å²) in [6, 6.07) is 5.40. The lowest BCUT2D eigenvalue weighted by Gasteiger charge is -2.56.